The molecule has 0 saturated heterocycles. The highest BCUT2D eigenvalue weighted by Gasteiger charge is 2.45. The van der Waals surface area contributed by atoms with Crippen LogP contribution < -0.4 is 10.1 Å². The molecule has 0 fully saturated rings. The lowest BCUT2D eigenvalue weighted by Gasteiger charge is -2.39. The van der Waals surface area contributed by atoms with Crippen LogP contribution in [0.5, 0.6) is 5.75 Å². The molecule has 0 bridgehead atoms. The highest BCUT2D eigenvalue weighted by molar-refractivity contribution is 5.84. The van der Waals surface area contributed by atoms with Gasteiger partial charge in [-0.25, -0.2) is 4.79 Å². The number of ether oxygens (including phenoxy) is 2. The fourth-order valence-electron chi connectivity index (χ4n) is 3.14. The van der Waals surface area contributed by atoms with Crippen LogP contribution in [0.4, 0.5) is 0 Å². The number of esters is 1. The molecule has 1 aliphatic carbocycles. The van der Waals surface area contributed by atoms with Crippen LogP contribution in [0.3, 0.4) is 0 Å². The Kier molecular flexibility index (Phi) is 4.88. The van der Waals surface area contributed by atoms with E-state index in [0.29, 0.717) is 6.61 Å². The number of carbonyl (C=O) groups is 1. The van der Waals surface area contributed by atoms with Gasteiger partial charge in [-0.2, -0.15) is 0 Å². The van der Waals surface area contributed by atoms with Crippen molar-refractivity contribution in [2.75, 3.05) is 13.7 Å². The van der Waals surface area contributed by atoms with Gasteiger partial charge in [0.1, 0.15) is 11.3 Å². The molecule has 0 aromatic heterocycles. The van der Waals surface area contributed by atoms with Crippen molar-refractivity contribution in [1.29, 1.82) is 0 Å². The second-order valence-corrected chi connectivity index (χ2v) is 5.80. The topological polar surface area (TPSA) is 47.6 Å². The third-order valence-corrected chi connectivity index (χ3v) is 3.93. The maximum absolute atomic E-state index is 12.7. The summed E-state index contributed by atoms with van der Waals surface area (Å²) in [6.45, 7) is 6.33. The van der Waals surface area contributed by atoms with Crippen molar-refractivity contribution in [3.8, 4) is 5.75 Å². The maximum atomic E-state index is 12.7. The Morgan fingerprint density at radius 2 is 2.19 bits per heavy atom. The van der Waals surface area contributed by atoms with Crippen LogP contribution in [0.15, 0.2) is 18.2 Å². The smallest absolute Gasteiger partial charge is 0.331 e. The Bertz CT molecular complexity index is 513. The van der Waals surface area contributed by atoms with Gasteiger partial charge in [-0.3, -0.25) is 5.32 Å². The molecule has 0 saturated carbocycles. The number of rotatable bonds is 5. The Morgan fingerprint density at radius 1 is 1.43 bits per heavy atom. The van der Waals surface area contributed by atoms with E-state index in [-0.39, 0.29) is 12.0 Å². The van der Waals surface area contributed by atoms with Gasteiger partial charge in [0.25, 0.3) is 0 Å². The molecule has 0 spiro atoms. The zero-order valence-electron chi connectivity index (χ0n) is 13.4. The number of fused-ring (bicyclic) bond motifs is 1. The molecule has 0 amide bonds. The van der Waals surface area contributed by atoms with Crippen molar-refractivity contribution < 1.29 is 14.3 Å². The van der Waals surface area contributed by atoms with Crippen molar-refractivity contribution in [2.45, 2.75) is 51.6 Å². The van der Waals surface area contributed by atoms with Gasteiger partial charge >= 0.3 is 5.97 Å². The highest BCUT2D eigenvalue weighted by Crippen LogP contribution is 2.38. The van der Waals surface area contributed by atoms with E-state index in [1.165, 1.54) is 5.56 Å². The van der Waals surface area contributed by atoms with E-state index in [1.54, 1.807) is 7.11 Å². The highest BCUT2D eigenvalue weighted by atomic mass is 16.5. The fraction of sp³-hybridized carbons (Fsp3) is 0.588. The number of aryl methyl sites for hydroxylation is 1. The second-order valence-electron chi connectivity index (χ2n) is 5.80. The Morgan fingerprint density at radius 3 is 2.81 bits per heavy atom. The first kappa shape index (κ1) is 15.8. The van der Waals surface area contributed by atoms with Gasteiger partial charge in [-0.15, -0.1) is 0 Å². The van der Waals surface area contributed by atoms with Crippen molar-refractivity contribution in [3.05, 3.63) is 29.3 Å². The normalized spacial score (nSPS) is 21.0. The van der Waals surface area contributed by atoms with E-state index in [2.05, 4.69) is 25.2 Å². The molecule has 1 unspecified atom stereocenters. The largest absolute Gasteiger partial charge is 0.497 e. The number of nitrogens with one attached hydrogen (secondary N) is 1. The monoisotopic (exact) mass is 291 g/mol. The molecular formula is C17H25NO3. The molecule has 0 aliphatic heterocycles. The number of hydrogen-bond donors (Lipinski definition) is 1. The van der Waals surface area contributed by atoms with Gasteiger partial charge in [0.05, 0.1) is 13.7 Å². The maximum Gasteiger partial charge on any atom is 0.331 e. The quantitative estimate of drug-likeness (QED) is 0.847. The van der Waals surface area contributed by atoms with E-state index in [9.17, 15) is 4.79 Å². The van der Waals surface area contributed by atoms with Gasteiger partial charge in [0.15, 0.2) is 0 Å². The first-order valence-electron chi connectivity index (χ1n) is 7.65. The molecule has 0 heterocycles. The third kappa shape index (κ3) is 3.05. The van der Waals surface area contributed by atoms with Crippen LogP contribution in [0.2, 0.25) is 0 Å². The standard InChI is InChI=1S/C17H25NO3/c1-5-21-16(19)17(18-12(2)3)10-6-7-13-8-9-14(20-4)11-15(13)17/h8-9,11-12,18H,5-7,10H2,1-4H3. The molecule has 4 nitrogen and oxygen atoms in total. The Hall–Kier alpha value is -1.55. The lowest BCUT2D eigenvalue weighted by Crippen LogP contribution is -2.54. The van der Waals surface area contributed by atoms with Crippen molar-refractivity contribution in [1.82, 2.24) is 5.32 Å². The van der Waals surface area contributed by atoms with E-state index in [1.807, 2.05) is 19.1 Å². The Balaban J connectivity index is 2.53. The lowest BCUT2D eigenvalue weighted by atomic mass is 9.76. The predicted octanol–water partition coefficient (Wildman–Crippen LogP) is 2.79. The summed E-state index contributed by atoms with van der Waals surface area (Å²) in [5.41, 5.74) is 1.44. The van der Waals surface area contributed by atoms with Crippen molar-refractivity contribution >= 4 is 5.97 Å². The van der Waals surface area contributed by atoms with Gasteiger partial charge in [0, 0.05) is 6.04 Å². The summed E-state index contributed by atoms with van der Waals surface area (Å²) in [7, 11) is 1.65. The van der Waals surface area contributed by atoms with Gasteiger partial charge in [0.2, 0.25) is 0 Å². The molecule has 21 heavy (non-hydrogen) atoms. The van der Waals surface area contributed by atoms with E-state index in [0.717, 1.165) is 30.6 Å². The van der Waals surface area contributed by atoms with E-state index in [4.69, 9.17) is 9.47 Å². The Labute approximate surface area is 126 Å². The average Bonchev–Trinajstić information content (AvgIpc) is 2.46. The van der Waals surface area contributed by atoms with Crippen LogP contribution in [0, 0.1) is 0 Å². The van der Waals surface area contributed by atoms with E-state index >= 15 is 0 Å². The number of carbonyl (C=O) groups excluding carboxylic acids is 1. The average molecular weight is 291 g/mol. The molecule has 1 aliphatic rings. The molecule has 0 radical (unpaired) electrons. The molecule has 1 atom stereocenters. The van der Waals surface area contributed by atoms with Crippen LogP contribution in [-0.2, 0) is 21.5 Å². The molecule has 1 aromatic rings. The van der Waals surface area contributed by atoms with Gasteiger partial charge in [-0.05, 0) is 63.3 Å². The van der Waals surface area contributed by atoms with Crippen LogP contribution in [0.25, 0.3) is 0 Å². The third-order valence-electron chi connectivity index (χ3n) is 3.93. The number of hydrogen-bond acceptors (Lipinski definition) is 4. The molecule has 1 N–H and O–H groups in total. The number of benzene rings is 1. The second kappa shape index (κ2) is 6.48. The summed E-state index contributed by atoms with van der Waals surface area (Å²) in [5.74, 6) is 0.586. The summed E-state index contributed by atoms with van der Waals surface area (Å²) in [5, 5.41) is 3.46. The van der Waals surface area contributed by atoms with Gasteiger partial charge < -0.3 is 9.47 Å². The summed E-state index contributed by atoms with van der Waals surface area (Å²) < 4.78 is 10.7. The molecule has 116 valence electrons. The first-order valence-corrected chi connectivity index (χ1v) is 7.65. The minimum atomic E-state index is -0.758. The first-order chi connectivity index (χ1) is 10.0. The zero-order chi connectivity index (χ0) is 15.5. The summed E-state index contributed by atoms with van der Waals surface area (Å²) in [6, 6.07) is 6.17. The van der Waals surface area contributed by atoms with Crippen LogP contribution in [0.1, 0.15) is 44.7 Å². The summed E-state index contributed by atoms with van der Waals surface area (Å²) in [4.78, 5) is 12.7. The minimum Gasteiger partial charge on any atom is -0.497 e. The number of methoxy groups -OCH3 is 1. The lowest BCUT2D eigenvalue weighted by molar-refractivity contribution is -0.153. The van der Waals surface area contributed by atoms with Gasteiger partial charge in [-0.1, -0.05) is 6.07 Å². The van der Waals surface area contributed by atoms with Crippen LogP contribution in [-0.4, -0.2) is 25.7 Å². The van der Waals surface area contributed by atoms with Crippen molar-refractivity contribution in [3.63, 3.8) is 0 Å². The minimum absolute atomic E-state index is 0.187. The zero-order valence-corrected chi connectivity index (χ0v) is 13.4. The van der Waals surface area contributed by atoms with Crippen molar-refractivity contribution in [2.24, 2.45) is 0 Å². The molecular weight excluding hydrogens is 266 g/mol. The molecule has 2 rings (SSSR count). The molecule has 4 heteroatoms. The SMILES string of the molecule is CCOC(=O)C1(NC(C)C)CCCc2ccc(OC)cc21. The van der Waals surface area contributed by atoms with E-state index < -0.39 is 5.54 Å². The van der Waals surface area contributed by atoms with Crippen LogP contribution >= 0.6 is 0 Å². The predicted molar refractivity (Wildman–Crippen MR) is 82.5 cm³/mol. The summed E-state index contributed by atoms with van der Waals surface area (Å²) in [6.07, 6.45) is 2.71. The molecule has 1 aromatic carbocycles. The fourth-order valence-corrected chi connectivity index (χ4v) is 3.14. The summed E-state index contributed by atoms with van der Waals surface area (Å²) >= 11 is 0.